The van der Waals surface area contributed by atoms with E-state index < -0.39 is 23.6 Å². The van der Waals surface area contributed by atoms with Crippen LogP contribution < -0.4 is 10.9 Å². The van der Waals surface area contributed by atoms with E-state index in [2.05, 4.69) is 22.6 Å². The number of imide groups is 1. The molecule has 3 unspecified atom stereocenters. The van der Waals surface area contributed by atoms with E-state index in [0.717, 1.165) is 67.2 Å². The van der Waals surface area contributed by atoms with Crippen LogP contribution in [0.3, 0.4) is 0 Å². The first-order valence-corrected chi connectivity index (χ1v) is 31.1. The fourth-order valence-corrected chi connectivity index (χ4v) is 12.2. The second-order valence-electron chi connectivity index (χ2n) is 23.5. The minimum absolute atomic E-state index is 0.0220. The van der Waals surface area contributed by atoms with Crippen LogP contribution >= 0.6 is 0 Å². The molecule has 2 aromatic carbocycles. The van der Waals surface area contributed by atoms with Gasteiger partial charge in [0.25, 0.3) is 5.56 Å². The summed E-state index contributed by atoms with van der Waals surface area (Å²) in [5, 5.41) is 22.1. The predicted molar refractivity (Wildman–Crippen MR) is 323 cm³/mol. The smallest absolute Gasteiger partial charge is 0.508 e. The molecule has 4 aliphatic rings. The maximum Gasteiger partial charge on any atom is 0.510 e. The molecule has 3 atom stereocenters. The van der Waals surface area contributed by atoms with Crippen molar-refractivity contribution >= 4 is 63.8 Å². The summed E-state index contributed by atoms with van der Waals surface area (Å²) in [6, 6.07) is 13.4. The van der Waals surface area contributed by atoms with Crippen molar-refractivity contribution in [3.05, 3.63) is 98.6 Å². The highest BCUT2D eigenvalue weighted by Gasteiger charge is 2.51. The monoisotopic (exact) mass is 1210 g/mol. The number of fused-ring (bicyclic) bond motifs is 5. The molecular formula is C66H83N7O15. The Morgan fingerprint density at radius 1 is 0.898 bits per heavy atom. The number of likely N-dealkylation sites (tertiary alicyclic amines) is 1. The van der Waals surface area contributed by atoms with Gasteiger partial charge in [0.15, 0.2) is 5.78 Å². The normalized spacial score (nSPS) is 18.8. The van der Waals surface area contributed by atoms with Crippen LogP contribution in [0.2, 0.25) is 0 Å². The Kier molecular flexibility index (Phi) is 23.1. The molecule has 3 amide bonds. The number of hydrogen-bond donors (Lipinski definition) is 2. The van der Waals surface area contributed by atoms with Crippen molar-refractivity contribution in [2.24, 2.45) is 23.7 Å². The Balaban J connectivity index is 0.000000244. The van der Waals surface area contributed by atoms with Gasteiger partial charge < -0.3 is 43.5 Å². The number of amides is 3. The summed E-state index contributed by atoms with van der Waals surface area (Å²) in [4.78, 5) is 120. The number of ketones is 3. The van der Waals surface area contributed by atoms with Crippen molar-refractivity contribution in [2.75, 3.05) is 38.3 Å². The summed E-state index contributed by atoms with van der Waals surface area (Å²) in [6.45, 7) is 13.5. The van der Waals surface area contributed by atoms with Gasteiger partial charge in [-0.3, -0.25) is 33.7 Å². The summed E-state index contributed by atoms with van der Waals surface area (Å²) in [7, 11) is 0. The standard InChI is InChI=1S/C40H43N3O9.C26H40N4O6/c1-5-8-9-10-25(17-23(4)44)36(46)41-26-13-11-24(12-14-26)21-51-39(49)52-40(7-3)32-19-34-35-30(20-43(34)37(47)31(32)22-50-38(40)48)28(6-2)29-18-27(45)15-16-33(29)42-35;1-3-35-18-23(31)5-4-13-36-14-12-29-17-22(27-28-29)10-11-24(32)21-8-6-20(7-9-21)16-30-25(33)15-19(2)26(30)34/h11-16,18-19,25,45H,5-10,17,20-22H2,1-4H3,(H,41,46);17,19-21H,3-16,18H2,1-2H3. The lowest BCUT2D eigenvalue weighted by Crippen LogP contribution is -2.47. The molecule has 3 aliphatic heterocycles. The SMILES string of the molecule is CCCCCC(CC(C)=O)C(=O)Nc1ccc(COC(=O)OC2(CC)C(=O)OCc3c2cc2n(c3=O)Cc3c-2nc2ccc(O)cc2c3CC)cc1.CCOCC(=O)CCCOCCn1cc(CCC(=O)C2CCC(CN3C(=O)CC(C)C3=O)CC2)nn1. The number of hydrogen-bond acceptors (Lipinski definition) is 18. The molecule has 0 radical (unpaired) electrons. The summed E-state index contributed by atoms with van der Waals surface area (Å²) < 4.78 is 30.6. The number of ether oxygens (including phenoxy) is 5. The Morgan fingerprint density at radius 3 is 2.36 bits per heavy atom. The molecule has 0 spiro atoms. The van der Waals surface area contributed by atoms with Gasteiger partial charge in [0.1, 0.15) is 37.1 Å². The maximum absolute atomic E-state index is 14.0. The van der Waals surface area contributed by atoms with Crippen molar-refractivity contribution in [3.63, 3.8) is 0 Å². The van der Waals surface area contributed by atoms with Gasteiger partial charge >= 0.3 is 12.1 Å². The number of aromatic nitrogens is 5. The van der Waals surface area contributed by atoms with Crippen LogP contribution in [0.5, 0.6) is 5.75 Å². The summed E-state index contributed by atoms with van der Waals surface area (Å²) in [6.07, 6.45) is 10.9. The van der Waals surface area contributed by atoms with Crippen LogP contribution in [-0.4, -0.2) is 115 Å². The fraction of sp³-hybridized carbons (Fsp3) is 0.545. The third-order valence-electron chi connectivity index (χ3n) is 17.1. The number of benzene rings is 2. The number of aromatic hydroxyl groups is 1. The molecule has 1 saturated carbocycles. The van der Waals surface area contributed by atoms with Crippen LogP contribution in [0.1, 0.15) is 165 Å². The number of Topliss-reactive ketones (excluding diaryl/α,β-unsaturated/α-hetero) is 3. The molecule has 472 valence electrons. The predicted octanol–water partition coefficient (Wildman–Crippen LogP) is 9.21. The Labute approximate surface area is 512 Å². The maximum atomic E-state index is 14.0. The zero-order chi connectivity index (χ0) is 63.1. The third-order valence-corrected chi connectivity index (χ3v) is 17.1. The fourth-order valence-electron chi connectivity index (χ4n) is 12.2. The average molecular weight is 1210 g/mol. The number of carbonyl (C=O) groups excluding carboxylic acids is 8. The van der Waals surface area contributed by atoms with Gasteiger partial charge in [-0.05, 0) is 119 Å². The molecular weight excluding hydrogens is 1130 g/mol. The number of phenolic OH excluding ortho intramolecular Hbond substituents is 1. The zero-order valence-electron chi connectivity index (χ0n) is 51.5. The van der Waals surface area contributed by atoms with Crippen molar-refractivity contribution in [3.8, 4) is 17.1 Å². The van der Waals surface area contributed by atoms with E-state index in [0.29, 0.717) is 112 Å². The van der Waals surface area contributed by atoms with Gasteiger partial charge in [-0.1, -0.05) is 64.3 Å². The largest absolute Gasteiger partial charge is 0.510 e. The lowest BCUT2D eigenvalue weighted by molar-refractivity contribution is -0.175. The first kappa shape index (κ1) is 66.0. The van der Waals surface area contributed by atoms with Crippen LogP contribution in [0.15, 0.2) is 59.5 Å². The summed E-state index contributed by atoms with van der Waals surface area (Å²) in [5.74, 6) is -0.966. The first-order valence-electron chi connectivity index (χ1n) is 31.1. The van der Waals surface area contributed by atoms with E-state index in [-0.39, 0.29) is 109 Å². The highest BCUT2D eigenvalue weighted by Crippen LogP contribution is 2.43. The number of phenols is 1. The van der Waals surface area contributed by atoms with E-state index >= 15 is 0 Å². The van der Waals surface area contributed by atoms with Gasteiger partial charge in [-0.15, -0.1) is 5.10 Å². The molecule has 22 nitrogen and oxygen atoms in total. The summed E-state index contributed by atoms with van der Waals surface area (Å²) >= 11 is 0. The molecule has 1 aliphatic carbocycles. The third kappa shape index (κ3) is 16.2. The van der Waals surface area contributed by atoms with E-state index in [1.54, 1.807) is 71.6 Å². The van der Waals surface area contributed by atoms with Gasteiger partial charge in [-0.2, -0.15) is 0 Å². The molecule has 6 heterocycles. The number of cyclic esters (lactones) is 1. The number of nitrogens with one attached hydrogen (secondary N) is 1. The van der Waals surface area contributed by atoms with Crippen molar-refractivity contribution in [2.45, 2.75) is 176 Å². The molecule has 2 fully saturated rings. The number of carbonyl (C=O) groups is 8. The Morgan fingerprint density at radius 2 is 1.67 bits per heavy atom. The van der Waals surface area contributed by atoms with E-state index in [1.807, 2.05) is 20.0 Å². The van der Waals surface area contributed by atoms with Gasteiger partial charge in [0.05, 0.1) is 47.9 Å². The zero-order valence-corrected chi connectivity index (χ0v) is 51.5. The quantitative estimate of drug-likeness (QED) is 0.0251. The Bertz CT molecular complexity index is 3420. The van der Waals surface area contributed by atoms with Gasteiger partial charge in [0.2, 0.25) is 23.3 Å². The van der Waals surface area contributed by atoms with Crippen LogP contribution in [-0.2, 0) is 102 Å². The molecule has 22 heteroatoms. The lowest BCUT2D eigenvalue weighted by Gasteiger charge is -2.35. The Hall–Kier alpha value is -7.98. The average Bonchev–Trinajstić information content (AvgIpc) is 1.47. The molecule has 0 bridgehead atoms. The van der Waals surface area contributed by atoms with Crippen molar-refractivity contribution in [1.29, 1.82) is 0 Å². The number of pyridine rings is 2. The molecule has 5 aromatic rings. The molecule has 88 heavy (non-hydrogen) atoms. The first-order chi connectivity index (χ1) is 42.4. The highest BCUT2D eigenvalue weighted by molar-refractivity contribution is 6.03. The molecule has 1 saturated heterocycles. The molecule has 2 N–H and O–H groups in total. The minimum atomic E-state index is -1.93. The second kappa shape index (κ2) is 30.8. The molecule has 9 rings (SSSR count). The highest BCUT2D eigenvalue weighted by atomic mass is 16.7. The van der Waals surface area contributed by atoms with Gasteiger partial charge in [-0.25, -0.2) is 19.3 Å². The van der Waals surface area contributed by atoms with E-state index in [1.165, 1.54) is 11.8 Å². The minimum Gasteiger partial charge on any atom is -0.508 e. The van der Waals surface area contributed by atoms with Crippen LogP contribution in [0.4, 0.5) is 10.5 Å². The second-order valence-corrected chi connectivity index (χ2v) is 23.5. The topological polar surface area (TPSA) is 284 Å². The van der Waals surface area contributed by atoms with Crippen LogP contribution in [0.25, 0.3) is 22.3 Å². The number of aryl methyl sites for hydroxylation is 2. The number of rotatable bonds is 29. The number of unbranched alkanes of at least 4 members (excludes halogenated alkanes) is 2. The van der Waals surface area contributed by atoms with Crippen molar-refractivity contribution in [1.82, 2.24) is 29.4 Å². The molecule has 3 aromatic heterocycles. The van der Waals surface area contributed by atoms with E-state index in [9.17, 15) is 48.3 Å². The lowest BCUT2D eigenvalue weighted by atomic mass is 9.79. The number of nitrogens with zero attached hydrogens (tertiary/aromatic N) is 6. The number of anilines is 1. The van der Waals surface area contributed by atoms with Gasteiger partial charge in [0, 0.05) is 98.0 Å². The van der Waals surface area contributed by atoms with E-state index in [4.69, 9.17) is 28.7 Å². The van der Waals surface area contributed by atoms with Crippen molar-refractivity contribution < 1.29 is 67.1 Å². The van der Waals surface area contributed by atoms with Crippen LogP contribution in [0, 0.1) is 23.7 Å². The summed E-state index contributed by atoms with van der Waals surface area (Å²) in [5.41, 5.74) is 3.62. The number of esters is 1.